The minimum absolute atomic E-state index is 0.110. The number of carbonyl (C=O) groups is 1. The van der Waals surface area contributed by atoms with Crippen molar-refractivity contribution in [2.24, 2.45) is 0 Å². The number of halogens is 2. The van der Waals surface area contributed by atoms with Gasteiger partial charge in [0.25, 0.3) is 0 Å². The number of nitrogens with one attached hydrogen (secondary N) is 1. The summed E-state index contributed by atoms with van der Waals surface area (Å²) >= 11 is 14.1. The topological polar surface area (TPSA) is 62.2 Å². The van der Waals surface area contributed by atoms with Crippen LogP contribution < -0.4 is 5.32 Å². The van der Waals surface area contributed by atoms with Crippen molar-refractivity contribution in [1.29, 1.82) is 0 Å². The quantitative estimate of drug-likeness (QED) is 0.494. The summed E-state index contributed by atoms with van der Waals surface area (Å²) in [7, 11) is 0. The summed E-state index contributed by atoms with van der Waals surface area (Å²) in [5.74, 6) is 0.945. The Bertz CT molecular complexity index is 1120. The molecule has 0 saturated carbocycles. The number of pyridine rings is 1. The highest BCUT2D eigenvalue weighted by Crippen LogP contribution is 2.38. The van der Waals surface area contributed by atoms with Crippen LogP contribution >= 0.6 is 35.0 Å². The number of aromatic carboxylic acids is 1. The molecule has 0 radical (unpaired) electrons. The van der Waals surface area contributed by atoms with Gasteiger partial charge in [-0.15, -0.1) is 0 Å². The van der Waals surface area contributed by atoms with E-state index >= 15 is 0 Å². The normalized spacial score (nSPS) is 14.0. The van der Waals surface area contributed by atoms with Crippen LogP contribution in [0.3, 0.4) is 0 Å². The Balaban J connectivity index is 1.92. The molecule has 0 spiro atoms. The van der Waals surface area contributed by atoms with E-state index in [0.29, 0.717) is 15.7 Å². The molecule has 4 rings (SSSR count). The molecule has 2 aromatic carbocycles. The minimum Gasteiger partial charge on any atom is -0.478 e. The van der Waals surface area contributed by atoms with Gasteiger partial charge in [0.2, 0.25) is 0 Å². The largest absolute Gasteiger partial charge is 0.478 e. The standard InChI is InChI=1S/C21H16Cl2N2O2S/c22-13-1-3-18-15(9-13)20(17(11-24-18)12-5-7-28-8-6-12)25-19-4-2-14(23)10-16(19)21(26)27/h1-5,9-11H,6-8H2,(H,24,25)(H,26,27). The third-order valence-corrected chi connectivity index (χ3v) is 5.98. The first kappa shape index (κ1) is 19.1. The number of carboxylic acid groups (broad SMARTS) is 1. The molecule has 0 unspecified atom stereocenters. The molecule has 1 aromatic heterocycles. The molecule has 0 bridgehead atoms. The molecule has 0 amide bonds. The minimum atomic E-state index is -1.05. The fourth-order valence-corrected chi connectivity index (χ4v) is 4.45. The molecule has 1 aliphatic rings. The number of carboxylic acids is 1. The van der Waals surface area contributed by atoms with Gasteiger partial charge in [-0.2, -0.15) is 11.8 Å². The van der Waals surface area contributed by atoms with Crippen LogP contribution in [-0.2, 0) is 0 Å². The summed E-state index contributed by atoms with van der Waals surface area (Å²) in [4.78, 5) is 16.3. The van der Waals surface area contributed by atoms with Crippen molar-refractivity contribution in [2.75, 3.05) is 16.8 Å². The lowest BCUT2D eigenvalue weighted by atomic mass is 9.99. The van der Waals surface area contributed by atoms with Gasteiger partial charge in [-0.05, 0) is 54.1 Å². The lowest BCUT2D eigenvalue weighted by Gasteiger charge is -2.20. The third-order valence-electron chi connectivity index (χ3n) is 4.61. The molecule has 7 heteroatoms. The summed E-state index contributed by atoms with van der Waals surface area (Å²) in [5, 5.41) is 14.7. The second kappa shape index (κ2) is 8.03. The van der Waals surface area contributed by atoms with Crippen LogP contribution in [0, 0.1) is 0 Å². The number of hydrogen-bond acceptors (Lipinski definition) is 4. The van der Waals surface area contributed by atoms with Gasteiger partial charge in [-0.1, -0.05) is 29.3 Å². The number of nitrogens with zero attached hydrogens (tertiary/aromatic N) is 1. The fraction of sp³-hybridized carbons (Fsp3) is 0.143. The van der Waals surface area contributed by atoms with E-state index < -0.39 is 5.97 Å². The molecule has 2 N–H and O–H groups in total. The molecule has 2 heterocycles. The maximum Gasteiger partial charge on any atom is 0.337 e. The van der Waals surface area contributed by atoms with E-state index in [1.807, 2.05) is 30.1 Å². The van der Waals surface area contributed by atoms with Crippen LogP contribution in [0.1, 0.15) is 22.3 Å². The first-order valence-electron chi connectivity index (χ1n) is 8.68. The van der Waals surface area contributed by atoms with Gasteiger partial charge in [0.15, 0.2) is 0 Å². The molecule has 4 nitrogen and oxygen atoms in total. The summed E-state index contributed by atoms with van der Waals surface area (Å²) in [6.07, 6.45) is 4.98. The highest BCUT2D eigenvalue weighted by atomic mass is 35.5. The second-order valence-electron chi connectivity index (χ2n) is 6.38. The van der Waals surface area contributed by atoms with Crippen LogP contribution in [0.15, 0.2) is 48.7 Å². The van der Waals surface area contributed by atoms with Crippen molar-refractivity contribution in [3.63, 3.8) is 0 Å². The van der Waals surface area contributed by atoms with Gasteiger partial charge in [0.05, 0.1) is 22.5 Å². The zero-order chi connectivity index (χ0) is 19.7. The second-order valence-corrected chi connectivity index (χ2v) is 8.41. The fourth-order valence-electron chi connectivity index (χ4n) is 3.25. The Labute approximate surface area is 176 Å². The number of aromatic nitrogens is 1. The number of benzene rings is 2. The summed E-state index contributed by atoms with van der Waals surface area (Å²) in [5.41, 5.74) is 4.32. The van der Waals surface area contributed by atoms with E-state index in [4.69, 9.17) is 23.2 Å². The van der Waals surface area contributed by atoms with Crippen molar-refractivity contribution in [3.8, 4) is 0 Å². The number of rotatable bonds is 4. The number of allylic oxidation sites excluding steroid dienone is 1. The Kier molecular flexibility index (Phi) is 5.49. The SMILES string of the molecule is O=C(O)c1cc(Cl)ccc1Nc1c(C2=CCSCC2)cnc2ccc(Cl)cc12. The predicted molar refractivity (Wildman–Crippen MR) is 118 cm³/mol. The van der Waals surface area contributed by atoms with Crippen molar-refractivity contribution in [1.82, 2.24) is 4.98 Å². The van der Waals surface area contributed by atoms with E-state index in [0.717, 1.165) is 40.1 Å². The predicted octanol–water partition coefficient (Wildman–Crippen LogP) is 6.50. The van der Waals surface area contributed by atoms with Crippen LogP contribution in [0.5, 0.6) is 0 Å². The van der Waals surface area contributed by atoms with Crippen LogP contribution in [-0.4, -0.2) is 27.6 Å². The maximum absolute atomic E-state index is 11.7. The smallest absolute Gasteiger partial charge is 0.337 e. The van der Waals surface area contributed by atoms with Gasteiger partial charge < -0.3 is 10.4 Å². The zero-order valence-corrected chi connectivity index (χ0v) is 17.0. The molecule has 142 valence electrons. The van der Waals surface area contributed by atoms with Crippen molar-refractivity contribution in [3.05, 3.63) is 69.8 Å². The Morgan fingerprint density at radius 3 is 2.68 bits per heavy atom. The van der Waals surface area contributed by atoms with Crippen molar-refractivity contribution in [2.45, 2.75) is 6.42 Å². The molecule has 3 aromatic rings. The zero-order valence-electron chi connectivity index (χ0n) is 14.7. The lowest BCUT2D eigenvalue weighted by molar-refractivity contribution is 0.0698. The Hall–Kier alpha value is -2.21. The van der Waals surface area contributed by atoms with Gasteiger partial charge in [0.1, 0.15) is 0 Å². The first-order valence-corrected chi connectivity index (χ1v) is 10.6. The van der Waals surface area contributed by atoms with Crippen molar-refractivity contribution >= 4 is 68.8 Å². The Morgan fingerprint density at radius 1 is 1.14 bits per heavy atom. The number of hydrogen-bond donors (Lipinski definition) is 2. The number of thioether (sulfide) groups is 1. The van der Waals surface area contributed by atoms with Crippen LogP contribution in [0.25, 0.3) is 16.5 Å². The number of fused-ring (bicyclic) bond motifs is 1. The molecule has 0 atom stereocenters. The average molecular weight is 431 g/mol. The monoisotopic (exact) mass is 430 g/mol. The van der Waals surface area contributed by atoms with Gasteiger partial charge in [-0.25, -0.2) is 4.79 Å². The molecular formula is C21H16Cl2N2O2S. The van der Waals surface area contributed by atoms with Gasteiger partial charge in [-0.3, -0.25) is 4.98 Å². The molecular weight excluding hydrogens is 415 g/mol. The number of anilines is 2. The first-order chi connectivity index (χ1) is 13.5. The molecule has 28 heavy (non-hydrogen) atoms. The maximum atomic E-state index is 11.7. The molecule has 1 aliphatic heterocycles. The van der Waals surface area contributed by atoms with E-state index in [-0.39, 0.29) is 5.56 Å². The van der Waals surface area contributed by atoms with E-state index in [1.165, 1.54) is 11.6 Å². The molecule has 0 aliphatic carbocycles. The van der Waals surface area contributed by atoms with Gasteiger partial charge in [0, 0.05) is 32.9 Å². The highest BCUT2D eigenvalue weighted by molar-refractivity contribution is 7.99. The van der Waals surface area contributed by atoms with Gasteiger partial charge >= 0.3 is 5.97 Å². The highest BCUT2D eigenvalue weighted by Gasteiger charge is 2.18. The lowest BCUT2D eigenvalue weighted by Crippen LogP contribution is -2.06. The van der Waals surface area contributed by atoms with Crippen LogP contribution in [0.4, 0.5) is 11.4 Å². The van der Waals surface area contributed by atoms with Crippen LogP contribution in [0.2, 0.25) is 10.0 Å². The summed E-state index contributed by atoms with van der Waals surface area (Å²) in [6, 6.07) is 10.3. The molecule has 0 fully saturated rings. The van der Waals surface area contributed by atoms with E-state index in [9.17, 15) is 9.90 Å². The molecule has 0 saturated heterocycles. The van der Waals surface area contributed by atoms with E-state index in [1.54, 1.807) is 18.2 Å². The third kappa shape index (κ3) is 3.83. The summed E-state index contributed by atoms with van der Waals surface area (Å²) < 4.78 is 0. The van der Waals surface area contributed by atoms with Crippen molar-refractivity contribution < 1.29 is 9.90 Å². The van der Waals surface area contributed by atoms with E-state index in [2.05, 4.69) is 16.4 Å². The summed E-state index contributed by atoms with van der Waals surface area (Å²) in [6.45, 7) is 0. The Morgan fingerprint density at radius 2 is 1.93 bits per heavy atom. The average Bonchev–Trinajstić information content (AvgIpc) is 2.70.